The number of β-amino-alcohol motifs (C(OH)–C–C–N with tert-alkyl or cyclic N) is 1. The van der Waals surface area contributed by atoms with Crippen LogP contribution in [0.5, 0.6) is 5.75 Å². The van der Waals surface area contributed by atoms with Gasteiger partial charge in [0.2, 0.25) is 0 Å². The number of carbonyl (C=O) groups is 2. The highest BCUT2D eigenvalue weighted by atomic mass is 79.9. The fraction of sp³-hybridized carbons (Fsp3) is 0.385. The summed E-state index contributed by atoms with van der Waals surface area (Å²) in [6.07, 6.45) is -0.800. The van der Waals surface area contributed by atoms with Gasteiger partial charge >= 0.3 is 5.97 Å². The molecule has 1 amide bonds. The molecule has 1 saturated heterocycles. The zero-order chi connectivity index (χ0) is 15.6. The first-order valence-corrected chi connectivity index (χ1v) is 7.33. The van der Waals surface area contributed by atoms with Gasteiger partial charge in [-0.3, -0.25) is 4.79 Å². The van der Waals surface area contributed by atoms with Crippen molar-refractivity contribution in [3.8, 4) is 5.75 Å². The van der Waals surface area contributed by atoms with Gasteiger partial charge in [-0.25, -0.2) is 4.79 Å². The summed E-state index contributed by atoms with van der Waals surface area (Å²) in [5, 5.41) is 18.9. The van der Waals surface area contributed by atoms with Crippen LogP contribution in [-0.2, 0) is 9.59 Å². The number of likely N-dealkylation sites (tertiary alicyclic amines) is 1. The third-order valence-electron chi connectivity index (χ3n) is 3.13. The first-order valence-electron chi connectivity index (χ1n) is 6.16. The third kappa shape index (κ3) is 3.87. The second-order valence-corrected chi connectivity index (χ2v) is 5.98. The second kappa shape index (κ2) is 6.64. The molecule has 2 atom stereocenters. The fourth-order valence-corrected chi connectivity index (χ4v) is 2.87. The number of benzene rings is 1. The molecule has 2 N–H and O–H groups in total. The number of nitrogens with zero attached hydrogens (tertiary/aromatic N) is 1. The maximum Gasteiger partial charge on any atom is 0.326 e. The summed E-state index contributed by atoms with van der Waals surface area (Å²) in [4.78, 5) is 24.2. The zero-order valence-electron chi connectivity index (χ0n) is 10.8. The summed E-state index contributed by atoms with van der Waals surface area (Å²) in [5.74, 6) is -1.31. The third-order valence-corrected chi connectivity index (χ3v) is 3.92. The molecule has 2 rings (SSSR count). The first kappa shape index (κ1) is 16.1. The summed E-state index contributed by atoms with van der Waals surface area (Å²) in [7, 11) is 0. The van der Waals surface area contributed by atoms with Crippen molar-refractivity contribution in [1.82, 2.24) is 4.90 Å². The van der Waals surface area contributed by atoms with Crippen LogP contribution in [0.4, 0.5) is 0 Å². The van der Waals surface area contributed by atoms with Crippen LogP contribution in [0.15, 0.2) is 22.7 Å². The van der Waals surface area contributed by atoms with Gasteiger partial charge in [-0.15, -0.1) is 0 Å². The zero-order valence-corrected chi connectivity index (χ0v) is 13.2. The van der Waals surface area contributed by atoms with E-state index in [-0.39, 0.29) is 19.6 Å². The molecule has 1 aromatic carbocycles. The van der Waals surface area contributed by atoms with Crippen molar-refractivity contribution in [2.24, 2.45) is 0 Å². The van der Waals surface area contributed by atoms with Crippen LogP contribution >= 0.6 is 27.5 Å². The van der Waals surface area contributed by atoms with E-state index >= 15 is 0 Å². The molecule has 0 bridgehead atoms. The number of amides is 1. The van der Waals surface area contributed by atoms with E-state index in [0.717, 1.165) is 9.37 Å². The van der Waals surface area contributed by atoms with Gasteiger partial charge in [0.05, 0.1) is 11.1 Å². The van der Waals surface area contributed by atoms with Crippen molar-refractivity contribution in [2.45, 2.75) is 18.6 Å². The Morgan fingerprint density at radius 3 is 2.81 bits per heavy atom. The molecule has 0 aliphatic carbocycles. The molecule has 0 spiro atoms. The van der Waals surface area contributed by atoms with E-state index in [1.165, 1.54) is 0 Å². The van der Waals surface area contributed by atoms with Gasteiger partial charge in [0, 0.05) is 17.4 Å². The lowest BCUT2D eigenvalue weighted by atomic mass is 10.2. The molecule has 1 fully saturated rings. The molecule has 1 unspecified atom stereocenters. The second-order valence-electron chi connectivity index (χ2n) is 4.65. The van der Waals surface area contributed by atoms with Crippen LogP contribution in [0, 0.1) is 0 Å². The first-order chi connectivity index (χ1) is 9.88. The van der Waals surface area contributed by atoms with Gasteiger partial charge in [-0.1, -0.05) is 27.5 Å². The molecule has 8 heteroatoms. The minimum absolute atomic E-state index is 0.00672. The minimum Gasteiger partial charge on any atom is -0.482 e. The Labute approximate surface area is 134 Å². The van der Waals surface area contributed by atoms with Gasteiger partial charge in [-0.2, -0.15) is 0 Å². The number of aliphatic hydroxyl groups is 1. The van der Waals surface area contributed by atoms with Crippen LogP contribution in [0.1, 0.15) is 6.42 Å². The van der Waals surface area contributed by atoms with Crippen LogP contribution < -0.4 is 4.74 Å². The molecule has 21 heavy (non-hydrogen) atoms. The molecule has 1 aliphatic rings. The maximum atomic E-state index is 12.0. The van der Waals surface area contributed by atoms with Crippen molar-refractivity contribution in [1.29, 1.82) is 0 Å². The molecule has 0 aromatic heterocycles. The Kier molecular flexibility index (Phi) is 5.08. The fourth-order valence-electron chi connectivity index (χ4n) is 2.14. The highest BCUT2D eigenvalue weighted by molar-refractivity contribution is 9.10. The van der Waals surface area contributed by atoms with E-state index in [1.807, 2.05) is 0 Å². The van der Waals surface area contributed by atoms with Gasteiger partial charge in [0.1, 0.15) is 11.8 Å². The molecular formula is C13H13BrClNO5. The Morgan fingerprint density at radius 1 is 1.48 bits per heavy atom. The minimum atomic E-state index is -1.14. The van der Waals surface area contributed by atoms with Crippen molar-refractivity contribution in [3.05, 3.63) is 27.7 Å². The van der Waals surface area contributed by atoms with Gasteiger partial charge in [0.15, 0.2) is 6.61 Å². The highest BCUT2D eigenvalue weighted by Gasteiger charge is 2.38. The molecule has 1 aliphatic heterocycles. The molecule has 1 aromatic rings. The average molecular weight is 379 g/mol. The number of hydrogen-bond acceptors (Lipinski definition) is 4. The SMILES string of the molecule is O=C(O)[C@@H]1CC(O)CN1C(=O)COc1ccc(Br)cc1Cl. The Bertz CT molecular complexity index is 567. The number of ether oxygens (including phenoxy) is 1. The molecule has 6 nitrogen and oxygen atoms in total. The Hall–Kier alpha value is -1.31. The smallest absolute Gasteiger partial charge is 0.326 e. The van der Waals surface area contributed by atoms with Crippen molar-refractivity contribution in [2.75, 3.05) is 13.2 Å². The van der Waals surface area contributed by atoms with Gasteiger partial charge in [-0.05, 0) is 18.2 Å². The molecule has 114 valence electrons. The summed E-state index contributed by atoms with van der Waals surface area (Å²) in [6.45, 7) is -0.342. The summed E-state index contributed by atoms with van der Waals surface area (Å²) >= 11 is 9.21. The van der Waals surface area contributed by atoms with Crippen molar-refractivity contribution >= 4 is 39.4 Å². The number of rotatable bonds is 4. The van der Waals surface area contributed by atoms with E-state index in [9.17, 15) is 14.7 Å². The quantitative estimate of drug-likeness (QED) is 0.830. The lowest BCUT2D eigenvalue weighted by Crippen LogP contribution is -2.42. The Balaban J connectivity index is 1.99. The van der Waals surface area contributed by atoms with Crippen LogP contribution in [0.2, 0.25) is 5.02 Å². The summed E-state index contributed by atoms with van der Waals surface area (Å²) in [5.41, 5.74) is 0. The summed E-state index contributed by atoms with van der Waals surface area (Å²) < 4.78 is 6.09. The maximum absolute atomic E-state index is 12.0. The number of carboxylic acid groups (broad SMARTS) is 1. The molecule has 0 saturated carbocycles. The monoisotopic (exact) mass is 377 g/mol. The Morgan fingerprint density at radius 2 is 2.19 bits per heavy atom. The van der Waals surface area contributed by atoms with Crippen molar-refractivity contribution in [3.63, 3.8) is 0 Å². The van der Waals surface area contributed by atoms with E-state index < -0.39 is 24.0 Å². The normalized spacial score (nSPS) is 21.4. The lowest BCUT2D eigenvalue weighted by molar-refractivity contribution is -0.148. The number of halogens is 2. The number of carboxylic acids is 1. The predicted octanol–water partition coefficient (Wildman–Crippen LogP) is 1.53. The van der Waals surface area contributed by atoms with E-state index in [4.69, 9.17) is 21.4 Å². The average Bonchev–Trinajstić information content (AvgIpc) is 2.80. The lowest BCUT2D eigenvalue weighted by Gasteiger charge is -2.21. The topological polar surface area (TPSA) is 87.1 Å². The number of hydrogen-bond donors (Lipinski definition) is 2. The molecule has 1 heterocycles. The number of carbonyl (C=O) groups excluding carboxylic acids is 1. The van der Waals surface area contributed by atoms with E-state index in [2.05, 4.69) is 15.9 Å². The van der Waals surface area contributed by atoms with Gasteiger partial charge in [0.25, 0.3) is 5.91 Å². The number of aliphatic carboxylic acids is 1. The molecular weight excluding hydrogens is 366 g/mol. The standard InChI is InChI=1S/C13H13BrClNO5/c14-7-1-2-11(9(15)3-7)21-6-12(18)16-5-8(17)4-10(16)13(19)20/h1-3,8,10,17H,4-6H2,(H,19,20)/t8?,10-/m0/s1. The van der Waals surface area contributed by atoms with Crippen LogP contribution in [0.3, 0.4) is 0 Å². The summed E-state index contributed by atoms with van der Waals surface area (Å²) in [6, 6.07) is 3.93. The number of aliphatic hydroxyl groups excluding tert-OH is 1. The van der Waals surface area contributed by atoms with E-state index in [1.54, 1.807) is 18.2 Å². The predicted molar refractivity (Wildman–Crippen MR) is 78.4 cm³/mol. The van der Waals surface area contributed by atoms with E-state index in [0.29, 0.717) is 10.8 Å². The van der Waals surface area contributed by atoms with Crippen LogP contribution in [0.25, 0.3) is 0 Å². The molecule has 0 radical (unpaired) electrons. The largest absolute Gasteiger partial charge is 0.482 e. The van der Waals surface area contributed by atoms with Crippen molar-refractivity contribution < 1.29 is 24.5 Å². The highest BCUT2D eigenvalue weighted by Crippen LogP contribution is 2.28. The van der Waals surface area contributed by atoms with Gasteiger partial charge < -0.3 is 19.8 Å². The van der Waals surface area contributed by atoms with Crippen LogP contribution in [-0.4, -0.2) is 52.3 Å².